The van der Waals surface area contributed by atoms with E-state index < -0.39 is 21.9 Å². The van der Waals surface area contributed by atoms with Crippen LogP contribution in [0.2, 0.25) is 5.02 Å². The molecule has 0 radical (unpaired) electrons. The lowest BCUT2D eigenvalue weighted by Gasteiger charge is -2.10. The fraction of sp³-hybridized carbons (Fsp3) is 0.0526. The van der Waals surface area contributed by atoms with Crippen LogP contribution in [-0.2, 0) is 6.61 Å². The third kappa shape index (κ3) is 4.36. The topological polar surface area (TPSA) is 118 Å². The smallest absolute Gasteiger partial charge is 0.357 e. The maximum Gasteiger partial charge on any atom is 0.357 e. The zero-order chi connectivity index (χ0) is 20.1. The first-order valence-electron chi connectivity index (χ1n) is 8.10. The molecule has 0 aliphatic rings. The van der Waals surface area contributed by atoms with E-state index in [9.17, 15) is 19.7 Å². The summed E-state index contributed by atoms with van der Waals surface area (Å²) in [5, 5.41) is 11.7. The Hall–Kier alpha value is -3.65. The molecule has 0 unspecified atom stereocenters. The van der Waals surface area contributed by atoms with Crippen molar-refractivity contribution in [3.8, 4) is 5.75 Å². The average molecular weight is 400 g/mol. The van der Waals surface area contributed by atoms with Gasteiger partial charge in [0.05, 0.1) is 4.92 Å². The van der Waals surface area contributed by atoms with Crippen LogP contribution in [-0.4, -0.2) is 14.9 Å². The number of para-hydroxylation sites is 1. The van der Waals surface area contributed by atoms with Gasteiger partial charge in [-0.2, -0.15) is 0 Å². The Kier molecular flexibility index (Phi) is 5.71. The van der Waals surface area contributed by atoms with Crippen LogP contribution in [0.1, 0.15) is 16.8 Å². The van der Waals surface area contributed by atoms with Crippen molar-refractivity contribution in [1.82, 2.24) is 9.97 Å². The van der Waals surface area contributed by atoms with E-state index in [1.807, 2.05) is 23.2 Å². The minimum Gasteiger partial charge on any atom is -0.488 e. The van der Waals surface area contributed by atoms with E-state index >= 15 is 0 Å². The van der Waals surface area contributed by atoms with Crippen molar-refractivity contribution in [2.75, 3.05) is 0 Å². The molecule has 9 heteroatoms. The van der Waals surface area contributed by atoms with Crippen molar-refractivity contribution < 1.29 is 9.66 Å². The lowest BCUT2D eigenvalue weighted by Crippen LogP contribution is -2.25. The number of H-pyrrole nitrogens is 2. The van der Waals surface area contributed by atoms with Gasteiger partial charge < -0.3 is 9.72 Å². The third-order valence-corrected chi connectivity index (χ3v) is 4.19. The zero-order valence-corrected chi connectivity index (χ0v) is 15.1. The van der Waals surface area contributed by atoms with Crippen LogP contribution in [0, 0.1) is 10.1 Å². The highest BCUT2D eigenvalue weighted by atomic mass is 35.5. The van der Waals surface area contributed by atoms with Gasteiger partial charge in [-0.25, -0.2) is 4.79 Å². The van der Waals surface area contributed by atoms with E-state index in [1.54, 1.807) is 30.3 Å². The molecular formula is C19H14ClN3O5. The molecule has 2 aromatic carbocycles. The lowest BCUT2D eigenvalue weighted by atomic mass is 10.1. The van der Waals surface area contributed by atoms with Gasteiger partial charge in [0.1, 0.15) is 18.1 Å². The quantitative estimate of drug-likeness (QED) is 0.486. The van der Waals surface area contributed by atoms with Gasteiger partial charge in [0.15, 0.2) is 0 Å². The molecule has 0 amide bonds. The standard InChI is InChI=1S/C19H14ClN3O5/c20-14-7-3-1-6-13(14)11-28-16-8-4-2-5-12(16)9-10-15-17(23(26)27)18(24)22-19(25)21-15/h1-10H,11H2,(H2,21,22,24,25)/b10-9-. The van der Waals surface area contributed by atoms with E-state index in [2.05, 4.69) is 4.98 Å². The van der Waals surface area contributed by atoms with Crippen molar-refractivity contribution in [3.63, 3.8) is 0 Å². The van der Waals surface area contributed by atoms with Gasteiger partial charge in [-0.1, -0.05) is 48.0 Å². The van der Waals surface area contributed by atoms with Crippen LogP contribution in [0.3, 0.4) is 0 Å². The van der Waals surface area contributed by atoms with Crippen LogP contribution in [0.25, 0.3) is 12.2 Å². The van der Waals surface area contributed by atoms with Crippen LogP contribution in [0.15, 0.2) is 58.1 Å². The van der Waals surface area contributed by atoms with Gasteiger partial charge in [-0.15, -0.1) is 0 Å². The van der Waals surface area contributed by atoms with Crippen molar-refractivity contribution in [2.45, 2.75) is 6.61 Å². The number of aromatic nitrogens is 2. The Balaban J connectivity index is 1.90. The number of nitro groups is 1. The number of hydrogen-bond donors (Lipinski definition) is 2. The molecule has 0 fully saturated rings. The normalized spacial score (nSPS) is 10.9. The summed E-state index contributed by atoms with van der Waals surface area (Å²) in [5.41, 5.74) is -1.46. The van der Waals surface area contributed by atoms with Crippen molar-refractivity contribution >= 4 is 29.4 Å². The average Bonchev–Trinajstić information content (AvgIpc) is 2.65. The van der Waals surface area contributed by atoms with E-state index in [-0.39, 0.29) is 12.3 Å². The molecule has 142 valence electrons. The fourth-order valence-electron chi connectivity index (χ4n) is 2.49. The number of ether oxygens (including phenoxy) is 1. The molecule has 0 aliphatic carbocycles. The molecule has 0 saturated heterocycles. The van der Waals surface area contributed by atoms with Crippen molar-refractivity contribution in [2.24, 2.45) is 0 Å². The Morgan fingerprint density at radius 1 is 1.04 bits per heavy atom. The highest BCUT2D eigenvalue weighted by Crippen LogP contribution is 2.24. The summed E-state index contributed by atoms with van der Waals surface area (Å²) in [6.45, 7) is 0.229. The first-order valence-corrected chi connectivity index (χ1v) is 8.48. The predicted octanol–water partition coefficient (Wildman–Crippen LogP) is 3.37. The summed E-state index contributed by atoms with van der Waals surface area (Å²) >= 11 is 6.12. The molecule has 0 atom stereocenters. The molecular weight excluding hydrogens is 386 g/mol. The maximum atomic E-state index is 11.7. The minimum atomic E-state index is -1.07. The fourth-order valence-corrected chi connectivity index (χ4v) is 2.68. The number of nitrogens with one attached hydrogen (secondary N) is 2. The van der Waals surface area contributed by atoms with Gasteiger partial charge in [0.25, 0.3) is 0 Å². The van der Waals surface area contributed by atoms with Gasteiger partial charge >= 0.3 is 16.9 Å². The van der Waals surface area contributed by atoms with Crippen molar-refractivity contribution in [3.05, 3.63) is 101 Å². The molecule has 3 rings (SSSR count). The van der Waals surface area contributed by atoms with Gasteiger partial charge in [-0.05, 0) is 24.3 Å². The molecule has 0 aliphatic heterocycles. The second kappa shape index (κ2) is 8.36. The number of rotatable bonds is 6. The van der Waals surface area contributed by atoms with E-state index in [1.165, 1.54) is 12.2 Å². The molecule has 2 N–H and O–H groups in total. The Morgan fingerprint density at radius 3 is 2.50 bits per heavy atom. The highest BCUT2D eigenvalue weighted by Gasteiger charge is 2.18. The van der Waals surface area contributed by atoms with Gasteiger partial charge in [-0.3, -0.25) is 19.9 Å². The summed E-state index contributed by atoms with van der Waals surface area (Å²) < 4.78 is 5.81. The Morgan fingerprint density at radius 2 is 1.75 bits per heavy atom. The Labute approximate surface area is 163 Å². The van der Waals surface area contributed by atoms with E-state index in [0.717, 1.165) is 5.56 Å². The summed E-state index contributed by atoms with van der Waals surface area (Å²) in [6.07, 6.45) is 2.80. The number of halogens is 1. The summed E-state index contributed by atoms with van der Waals surface area (Å²) in [6, 6.07) is 14.3. The summed E-state index contributed by atoms with van der Waals surface area (Å²) in [4.78, 5) is 37.5. The molecule has 0 bridgehead atoms. The molecule has 8 nitrogen and oxygen atoms in total. The molecule has 0 saturated carbocycles. The second-order valence-electron chi connectivity index (χ2n) is 5.68. The van der Waals surface area contributed by atoms with Crippen molar-refractivity contribution in [1.29, 1.82) is 0 Å². The first-order chi connectivity index (χ1) is 13.5. The lowest BCUT2D eigenvalue weighted by molar-refractivity contribution is -0.386. The third-order valence-electron chi connectivity index (χ3n) is 3.82. The number of benzene rings is 2. The van der Waals surface area contributed by atoms with E-state index in [4.69, 9.17) is 16.3 Å². The molecule has 1 aromatic heterocycles. The number of nitrogens with zero attached hydrogens (tertiary/aromatic N) is 1. The predicted molar refractivity (Wildman–Crippen MR) is 105 cm³/mol. The second-order valence-corrected chi connectivity index (χ2v) is 6.09. The van der Waals surface area contributed by atoms with E-state index in [0.29, 0.717) is 16.3 Å². The Bertz CT molecular complexity index is 1170. The molecule has 3 aromatic rings. The van der Waals surface area contributed by atoms with Crippen LogP contribution < -0.4 is 16.0 Å². The largest absolute Gasteiger partial charge is 0.488 e. The highest BCUT2D eigenvalue weighted by molar-refractivity contribution is 6.31. The molecule has 0 spiro atoms. The van der Waals surface area contributed by atoms with Gasteiger partial charge in [0.2, 0.25) is 0 Å². The monoisotopic (exact) mass is 399 g/mol. The summed E-state index contributed by atoms with van der Waals surface area (Å²) in [7, 11) is 0. The summed E-state index contributed by atoms with van der Waals surface area (Å²) in [5.74, 6) is 0.508. The number of aromatic amines is 2. The zero-order valence-electron chi connectivity index (χ0n) is 14.3. The van der Waals surface area contributed by atoms with Crippen LogP contribution >= 0.6 is 11.6 Å². The SMILES string of the molecule is O=c1[nH]c(/C=C\c2ccccc2OCc2ccccc2Cl)c([N+](=O)[O-])c(=O)[nH]1. The molecule has 28 heavy (non-hydrogen) atoms. The first kappa shape index (κ1) is 19.1. The minimum absolute atomic E-state index is 0.209. The van der Waals surface area contributed by atoms with Crippen LogP contribution in [0.4, 0.5) is 5.69 Å². The molecule has 1 heterocycles. The van der Waals surface area contributed by atoms with Crippen LogP contribution in [0.5, 0.6) is 5.75 Å². The van der Waals surface area contributed by atoms with Gasteiger partial charge in [0, 0.05) is 16.1 Å². The maximum absolute atomic E-state index is 11.7. The number of hydrogen-bond acceptors (Lipinski definition) is 5.